The molecule has 1 heterocycles. The van der Waals surface area contributed by atoms with Gasteiger partial charge in [0.2, 0.25) is 0 Å². The van der Waals surface area contributed by atoms with Gasteiger partial charge in [-0.1, -0.05) is 17.7 Å². The zero-order valence-electron chi connectivity index (χ0n) is 9.90. The molecule has 2 unspecified atom stereocenters. The third-order valence-electron chi connectivity index (χ3n) is 3.11. The van der Waals surface area contributed by atoms with Crippen molar-refractivity contribution in [1.82, 2.24) is 0 Å². The number of aryl methyl sites for hydroxylation is 1. The number of thioether (sulfide) groups is 1. The molecule has 3 heteroatoms. The van der Waals surface area contributed by atoms with Gasteiger partial charge >= 0.3 is 0 Å². The molecule has 1 aromatic carbocycles. The lowest BCUT2D eigenvalue weighted by Gasteiger charge is -2.21. The number of rotatable bonds is 3. The van der Waals surface area contributed by atoms with Gasteiger partial charge in [-0.25, -0.2) is 0 Å². The fraction of sp³-hybridized carbons (Fsp3) is 0.538. The van der Waals surface area contributed by atoms with Crippen LogP contribution in [-0.4, -0.2) is 18.1 Å². The first-order valence-electron chi connectivity index (χ1n) is 5.74. The molecule has 2 N–H and O–H groups in total. The van der Waals surface area contributed by atoms with Crippen molar-refractivity contribution in [2.45, 2.75) is 31.1 Å². The highest BCUT2D eigenvalue weighted by Gasteiger charge is 2.25. The van der Waals surface area contributed by atoms with Gasteiger partial charge in [-0.2, -0.15) is 11.8 Å². The highest BCUT2D eigenvalue weighted by molar-refractivity contribution is 8.00. The smallest absolute Gasteiger partial charge is 0.123 e. The Labute approximate surface area is 102 Å². The Morgan fingerprint density at radius 3 is 2.94 bits per heavy atom. The summed E-state index contributed by atoms with van der Waals surface area (Å²) in [5.74, 6) is 2.16. The van der Waals surface area contributed by atoms with Crippen LogP contribution in [0.5, 0.6) is 5.75 Å². The van der Waals surface area contributed by atoms with Crippen molar-refractivity contribution >= 4 is 11.8 Å². The van der Waals surface area contributed by atoms with E-state index in [2.05, 4.69) is 19.1 Å². The maximum absolute atomic E-state index is 6.34. The standard InChI is InChI=1S/C13H19NOS/c1-9-5-6-11(15-2)10(8-9)13(14)12-4-3-7-16-12/h5-6,8,12-13H,3-4,7,14H2,1-2H3. The molecular weight excluding hydrogens is 218 g/mol. The predicted molar refractivity (Wildman–Crippen MR) is 70.1 cm³/mol. The van der Waals surface area contributed by atoms with Crippen LogP contribution < -0.4 is 10.5 Å². The van der Waals surface area contributed by atoms with Crippen LogP contribution >= 0.6 is 11.8 Å². The van der Waals surface area contributed by atoms with Gasteiger partial charge in [0, 0.05) is 16.9 Å². The Kier molecular flexibility index (Phi) is 3.77. The second-order valence-electron chi connectivity index (χ2n) is 4.32. The molecule has 0 radical (unpaired) electrons. The van der Waals surface area contributed by atoms with Gasteiger partial charge in [0.05, 0.1) is 7.11 Å². The third-order valence-corrected chi connectivity index (χ3v) is 4.59. The Bertz CT molecular complexity index is 361. The molecular formula is C13H19NOS. The van der Waals surface area contributed by atoms with Crippen LogP contribution in [0, 0.1) is 6.92 Å². The first-order chi connectivity index (χ1) is 7.72. The molecule has 1 aliphatic rings. The minimum absolute atomic E-state index is 0.0994. The van der Waals surface area contributed by atoms with E-state index in [1.54, 1.807) is 7.11 Å². The molecule has 88 valence electrons. The van der Waals surface area contributed by atoms with E-state index in [9.17, 15) is 0 Å². The Morgan fingerprint density at radius 1 is 1.50 bits per heavy atom. The lowest BCUT2D eigenvalue weighted by molar-refractivity contribution is 0.404. The van der Waals surface area contributed by atoms with E-state index in [1.165, 1.54) is 24.2 Å². The van der Waals surface area contributed by atoms with Crippen LogP contribution in [-0.2, 0) is 0 Å². The number of hydrogen-bond acceptors (Lipinski definition) is 3. The van der Waals surface area contributed by atoms with E-state index in [-0.39, 0.29) is 6.04 Å². The largest absolute Gasteiger partial charge is 0.496 e. The van der Waals surface area contributed by atoms with Gasteiger partial charge in [0.25, 0.3) is 0 Å². The zero-order valence-corrected chi connectivity index (χ0v) is 10.7. The fourth-order valence-corrected chi connectivity index (χ4v) is 3.52. The van der Waals surface area contributed by atoms with Crippen molar-refractivity contribution in [3.8, 4) is 5.75 Å². The van der Waals surface area contributed by atoms with Gasteiger partial charge in [0.1, 0.15) is 5.75 Å². The van der Waals surface area contributed by atoms with E-state index >= 15 is 0 Å². The van der Waals surface area contributed by atoms with E-state index in [0.717, 1.165) is 11.3 Å². The summed E-state index contributed by atoms with van der Waals surface area (Å²) in [5, 5.41) is 0.552. The molecule has 0 saturated carbocycles. The molecule has 2 rings (SSSR count). The summed E-state index contributed by atoms with van der Waals surface area (Å²) in [5.41, 5.74) is 8.74. The van der Waals surface area contributed by atoms with Crippen LogP contribution in [0.3, 0.4) is 0 Å². The SMILES string of the molecule is COc1ccc(C)cc1C(N)C1CCCS1. The highest BCUT2D eigenvalue weighted by Crippen LogP contribution is 2.37. The molecule has 2 atom stereocenters. The lowest BCUT2D eigenvalue weighted by Crippen LogP contribution is -2.22. The van der Waals surface area contributed by atoms with Gasteiger partial charge in [0.15, 0.2) is 0 Å². The number of methoxy groups -OCH3 is 1. The monoisotopic (exact) mass is 237 g/mol. The van der Waals surface area contributed by atoms with Gasteiger partial charge < -0.3 is 10.5 Å². The predicted octanol–water partition coefficient (Wildman–Crippen LogP) is 2.90. The van der Waals surface area contributed by atoms with E-state index in [4.69, 9.17) is 10.5 Å². The van der Waals surface area contributed by atoms with Crippen LogP contribution in [0.4, 0.5) is 0 Å². The van der Waals surface area contributed by atoms with E-state index in [0.29, 0.717) is 5.25 Å². The van der Waals surface area contributed by atoms with Crippen molar-refractivity contribution in [2.75, 3.05) is 12.9 Å². The molecule has 0 aliphatic carbocycles. The van der Waals surface area contributed by atoms with Crippen molar-refractivity contribution < 1.29 is 4.74 Å². The van der Waals surface area contributed by atoms with E-state index < -0.39 is 0 Å². The Balaban J connectivity index is 2.26. The van der Waals surface area contributed by atoms with Gasteiger partial charge in [-0.3, -0.25) is 0 Å². The van der Waals surface area contributed by atoms with Crippen molar-refractivity contribution in [3.63, 3.8) is 0 Å². The average molecular weight is 237 g/mol. The molecule has 1 aromatic rings. The molecule has 2 nitrogen and oxygen atoms in total. The number of ether oxygens (including phenoxy) is 1. The number of hydrogen-bond donors (Lipinski definition) is 1. The fourth-order valence-electron chi connectivity index (χ4n) is 2.20. The van der Waals surface area contributed by atoms with Crippen LogP contribution in [0.25, 0.3) is 0 Å². The normalized spacial score (nSPS) is 22.1. The Hall–Kier alpha value is -0.670. The van der Waals surface area contributed by atoms with Gasteiger partial charge in [-0.15, -0.1) is 0 Å². The second-order valence-corrected chi connectivity index (χ2v) is 5.67. The van der Waals surface area contributed by atoms with Crippen molar-refractivity contribution in [3.05, 3.63) is 29.3 Å². The maximum atomic E-state index is 6.34. The van der Waals surface area contributed by atoms with E-state index in [1.807, 2.05) is 17.8 Å². The molecule has 1 fully saturated rings. The minimum atomic E-state index is 0.0994. The summed E-state index contributed by atoms with van der Waals surface area (Å²) >= 11 is 1.99. The average Bonchev–Trinajstić information content (AvgIpc) is 2.81. The summed E-state index contributed by atoms with van der Waals surface area (Å²) in [4.78, 5) is 0. The topological polar surface area (TPSA) is 35.2 Å². The zero-order chi connectivity index (χ0) is 11.5. The molecule has 0 spiro atoms. The quantitative estimate of drug-likeness (QED) is 0.878. The van der Waals surface area contributed by atoms with Crippen LogP contribution in [0.15, 0.2) is 18.2 Å². The molecule has 0 bridgehead atoms. The first kappa shape index (κ1) is 11.8. The summed E-state index contributed by atoms with van der Waals surface area (Å²) in [6.07, 6.45) is 2.51. The summed E-state index contributed by atoms with van der Waals surface area (Å²) < 4.78 is 5.39. The van der Waals surface area contributed by atoms with Crippen LogP contribution in [0.1, 0.15) is 30.0 Å². The highest BCUT2D eigenvalue weighted by atomic mass is 32.2. The number of benzene rings is 1. The Morgan fingerprint density at radius 2 is 2.31 bits per heavy atom. The number of nitrogens with two attached hydrogens (primary N) is 1. The molecule has 1 aliphatic heterocycles. The van der Waals surface area contributed by atoms with Crippen LogP contribution in [0.2, 0.25) is 0 Å². The summed E-state index contributed by atoms with van der Waals surface area (Å²) in [7, 11) is 1.71. The molecule has 16 heavy (non-hydrogen) atoms. The second kappa shape index (κ2) is 5.11. The molecule has 0 aromatic heterocycles. The summed E-state index contributed by atoms with van der Waals surface area (Å²) in [6, 6.07) is 6.34. The summed E-state index contributed by atoms with van der Waals surface area (Å²) in [6.45, 7) is 2.09. The first-order valence-corrected chi connectivity index (χ1v) is 6.79. The third kappa shape index (κ3) is 2.36. The minimum Gasteiger partial charge on any atom is -0.496 e. The molecule has 0 amide bonds. The maximum Gasteiger partial charge on any atom is 0.123 e. The van der Waals surface area contributed by atoms with Gasteiger partial charge in [-0.05, 0) is 31.6 Å². The lowest BCUT2D eigenvalue weighted by atomic mass is 9.99. The van der Waals surface area contributed by atoms with Crippen molar-refractivity contribution in [2.24, 2.45) is 5.73 Å². The van der Waals surface area contributed by atoms with Crippen molar-refractivity contribution in [1.29, 1.82) is 0 Å². The molecule has 1 saturated heterocycles.